The van der Waals surface area contributed by atoms with Crippen LogP contribution in [0, 0.1) is 0 Å². The molecule has 2 rings (SSSR count). The lowest BCUT2D eigenvalue weighted by atomic mass is 10.1. The number of benzene rings is 2. The lowest BCUT2D eigenvalue weighted by Crippen LogP contribution is -2.12. The smallest absolute Gasteiger partial charge is 0.311 e. The van der Waals surface area contributed by atoms with Crippen molar-refractivity contribution in [2.24, 2.45) is 0 Å². The van der Waals surface area contributed by atoms with Crippen LogP contribution in [0.25, 0.3) is 0 Å². The third kappa shape index (κ3) is 7.66. The molecule has 0 aliphatic heterocycles. The van der Waals surface area contributed by atoms with Crippen molar-refractivity contribution in [1.29, 1.82) is 0 Å². The summed E-state index contributed by atoms with van der Waals surface area (Å²) in [6, 6.07) is 14.8. The average molecular weight is 394 g/mol. The Morgan fingerprint density at radius 3 is 1.97 bits per heavy atom. The van der Waals surface area contributed by atoms with Crippen LogP contribution in [0.2, 0.25) is 0 Å². The van der Waals surface area contributed by atoms with Crippen LogP contribution in [0.1, 0.15) is 24.0 Å². The van der Waals surface area contributed by atoms with Crippen molar-refractivity contribution in [2.75, 3.05) is 13.2 Å². The Labute approximate surface area is 171 Å². The first-order chi connectivity index (χ1) is 14.1. The molecule has 0 saturated carbocycles. The molecule has 0 spiro atoms. The molecule has 0 aromatic heterocycles. The number of carbonyl (C=O) groups excluding carboxylic acids is 2. The van der Waals surface area contributed by atoms with Gasteiger partial charge in [-0.15, -0.1) is 0 Å². The van der Waals surface area contributed by atoms with Crippen molar-refractivity contribution >= 4 is 11.9 Å². The summed E-state index contributed by atoms with van der Waals surface area (Å²) in [4.78, 5) is 24.0. The number of rotatable bonds is 12. The van der Waals surface area contributed by atoms with Crippen LogP contribution >= 0.6 is 0 Å². The van der Waals surface area contributed by atoms with Crippen molar-refractivity contribution in [2.45, 2.75) is 25.7 Å². The van der Waals surface area contributed by atoms with Crippen molar-refractivity contribution < 1.29 is 23.8 Å². The van der Waals surface area contributed by atoms with E-state index < -0.39 is 0 Å². The van der Waals surface area contributed by atoms with Crippen LogP contribution in [0.5, 0.6) is 11.5 Å². The van der Waals surface area contributed by atoms with Gasteiger partial charge in [0.1, 0.15) is 24.7 Å². The summed E-state index contributed by atoms with van der Waals surface area (Å²) in [5, 5.41) is 0. The van der Waals surface area contributed by atoms with Gasteiger partial charge < -0.3 is 14.2 Å². The zero-order chi connectivity index (χ0) is 20.9. The van der Waals surface area contributed by atoms with Crippen LogP contribution < -0.4 is 9.47 Å². The molecule has 0 aliphatic rings. The Kier molecular flexibility index (Phi) is 9.22. The zero-order valence-electron chi connectivity index (χ0n) is 16.5. The van der Waals surface area contributed by atoms with Crippen LogP contribution in [0.4, 0.5) is 0 Å². The van der Waals surface area contributed by atoms with E-state index in [1.54, 1.807) is 18.2 Å². The van der Waals surface area contributed by atoms with Gasteiger partial charge in [-0.1, -0.05) is 61.7 Å². The van der Waals surface area contributed by atoms with E-state index in [9.17, 15) is 9.59 Å². The van der Waals surface area contributed by atoms with Crippen molar-refractivity contribution in [3.8, 4) is 11.5 Å². The van der Waals surface area contributed by atoms with E-state index >= 15 is 0 Å². The highest BCUT2D eigenvalue weighted by Crippen LogP contribution is 2.22. The molecular weight excluding hydrogens is 368 g/mol. The predicted molar refractivity (Wildman–Crippen MR) is 112 cm³/mol. The fraction of sp³-hybridized carbons (Fsp3) is 0.250. The molecule has 2 aromatic rings. The summed E-state index contributed by atoms with van der Waals surface area (Å²) in [5.41, 5.74) is 1.72. The molecule has 0 atom stereocenters. The normalized spacial score (nSPS) is 10.1. The number of para-hydroxylation sites is 2. The molecule has 0 fully saturated rings. The second kappa shape index (κ2) is 12.2. The van der Waals surface area contributed by atoms with E-state index in [4.69, 9.17) is 14.2 Å². The maximum atomic E-state index is 12.4. The quantitative estimate of drug-likeness (QED) is 0.302. The summed E-state index contributed by atoms with van der Waals surface area (Å²) in [6.45, 7) is 7.75. The molecule has 0 aliphatic carbocycles. The Bertz CT molecular complexity index is 841. The average Bonchev–Trinajstić information content (AvgIpc) is 2.74. The van der Waals surface area contributed by atoms with E-state index in [1.807, 2.05) is 36.4 Å². The number of carbonyl (C=O) groups is 2. The molecule has 0 saturated heterocycles. The van der Waals surface area contributed by atoms with Gasteiger partial charge >= 0.3 is 11.9 Å². The van der Waals surface area contributed by atoms with Crippen molar-refractivity contribution in [3.05, 3.63) is 85.0 Å². The minimum Gasteiger partial charge on any atom is -0.489 e. The van der Waals surface area contributed by atoms with Gasteiger partial charge in [0.15, 0.2) is 0 Å². The molecule has 29 heavy (non-hydrogen) atoms. The molecule has 0 radical (unpaired) electrons. The van der Waals surface area contributed by atoms with Crippen LogP contribution in [0.15, 0.2) is 73.8 Å². The zero-order valence-corrected chi connectivity index (χ0v) is 16.5. The number of aryl methyl sites for hydroxylation is 2. The lowest BCUT2D eigenvalue weighted by Gasteiger charge is -2.11. The summed E-state index contributed by atoms with van der Waals surface area (Å²) >= 11 is 0. The van der Waals surface area contributed by atoms with Gasteiger partial charge in [-0.25, -0.2) is 0 Å². The molecule has 0 bridgehead atoms. The summed E-state index contributed by atoms with van der Waals surface area (Å²) in [6.07, 6.45) is 4.55. The highest BCUT2D eigenvalue weighted by molar-refractivity contribution is 5.73. The number of hydrogen-bond acceptors (Lipinski definition) is 5. The highest BCUT2D eigenvalue weighted by atomic mass is 16.5. The van der Waals surface area contributed by atoms with Gasteiger partial charge in [0.25, 0.3) is 0 Å². The fourth-order valence-corrected chi connectivity index (χ4v) is 2.68. The molecule has 0 N–H and O–H groups in total. The molecule has 2 aromatic carbocycles. The summed E-state index contributed by atoms with van der Waals surface area (Å²) in [5.74, 6) is 0.538. The van der Waals surface area contributed by atoms with Crippen LogP contribution in [-0.2, 0) is 27.2 Å². The molecule has 5 heteroatoms. The second-order valence-electron chi connectivity index (χ2n) is 6.26. The van der Waals surface area contributed by atoms with E-state index in [0.29, 0.717) is 25.2 Å². The Hall–Kier alpha value is -3.34. The van der Waals surface area contributed by atoms with Gasteiger partial charge in [0.05, 0.1) is 6.42 Å². The van der Waals surface area contributed by atoms with Crippen molar-refractivity contribution in [1.82, 2.24) is 0 Å². The molecule has 0 heterocycles. The summed E-state index contributed by atoms with van der Waals surface area (Å²) in [7, 11) is 0. The van der Waals surface area contributed by atoms with Gasteiger partial charge in [-0.2, -0.15) is 0 Å². The molecular formula is C24H26O5. The van der Waals surface area contributed by atoms with E-state index in [-0.39, 0.29) is 31.4 Å². The van der Waals surface area contributed by atoms with Gasteiger partial charge in [0.2, 0.25) is 0 Å². The number of hydrogen-bond donors (Lipinski definition) is 0. The predicted octanol–water partition coefficient (Wildman–Crippen LogP) is 4.45. The van der Waals surface area contributed by atoms with E-state index in [0.717, 1.165) is 16.9 Å². The van der Waals surface area contributed by atoms with Crippen LogP contribution in [0.3, 0.4) is 0 Å². The molecule has 5 nitrogen and oxygen atoms in total. The Balaban J connectivity index is 1.92. The lowest BCUT2D eigenvalue weighted by molar-refractivity contribution is -0.142. The minimum atomic E-state index is -0.342. The fourth-order valence-electron chi connectivity index (χ4n) is 2.68. The van der Waals surface area contributed by atoms with Crippen molar-refractivity contribution in [3.63, 3.8) is 0 Å². The largest absolute Gasteiger partial charge is 0.489 e. The topological polar surface area (TPSA) is 61.8 Å². The highest BCUT2D eigenvalue weighted by Gasteiger charge is 2.12. The van der Waals surface area contributed by atoms with Crippen LogP contribution in [-0.4, -0.2) is 25.2 Å². The minimum absolute atomic E-state index is 0.188. The molecule has 152 valence electrons. The first-order valence-electron chi connectivity index (χ1n) is 9.50. The first-order valence-corrected chi connectivity index (χ1v) is 9.50. The van der Waals surface area contributed by atoms with Gasteiger partial charge in [-0.05, 0) is 36.1 Å². The SMILES string of the molecule is C=CCOC(=O)CCc1ccccc1OC(=O)CCc1ccccc1OCC=C. The van der Waals surface area contributed by atoms with E-state index in [1.165, 1.54) is 6.08 Å². The molecule has 0 amide bonds. The van der Waals surface area contributed by atoms with Gasteiger partial charge in [-0.3, -0.25) is 9.59 Å². The first kappa shape index (κ1) is 22.0. The Morgan fingerprint density at radius 1 is 0.759 bits per heavy atom. The third-order valence-corrected chi connectivity index (χ3v) is 4.08. The summed E-state index contributed by atoms with van der Waals surface area (Å²) < 4.78 is 16.1. The maximum Gasteiger partial charge on any atom is 0.311 e. The second-order valence-corrected chi connectivity index (χ2v) is 6.26. The molecule has 0 unspecified atom stereocenters. The maximum absolute atomic E-state index is 12.4. The third-order valence-electron chi connectivity index (χ3n) is 4.08. The number of ether oxygens (including phenoxy) is 3. The van der Waals surface area contributed by atoms with E-state index in [2.05, 4.69) is 13.2 Å². The number of esters is 2. The monoisotopic (exact) mass is 394 g/mol. The van der Waals surface area contributed by atoms with Gasteiger partial charge in [0, 0.05) is 6.42 Å². The standard InChI is InChI=1S/C24H26O5/c1-3-17-27-21-11-7-5-9-19(21)14-16-24(26)29-22-12-8-6-10-20(22)13-15-23(25)28-18-4-2/h3-12H,1-2,13-18H2. The Morgan fingerprint density at radius 2 is 1.31 bits per heavy atom.